The van der Waals surface area contributed by atoms with Crippen molar-refractivity contribution in [3.63, 3.8) is 0 Å². The number of methoxy groups -OCH3 is 1. The van der Waals surface area contributed by atoms with Crippen LogP contribution in [0, 0.1) is 0 Å². The number of hydrogen-bond donors (Lipinski definition) is 1. The average molecular weight is 398 g/mol. The van der Waals surface area contributed by atoms with Crippen LogP contribution < -0.4 is 4.74 Å². The average Bonchev–Trinajstić information content (AvgIpc) is 3.12. The minimum absolute atomic E-state index is 0.100. The van der Waals surface area contributed by atoms with Crippen molar-refractivity contribution in [1.29, 1.82) is 0 Å². The second-order valence-corrected chi connectivity index (χ2v) is 6.98. The number of aromatic nitrogens is 2. The number of aliphatic carboxylic acids is 1. The maximum absolute atomic E-state index is 11.7. The summed E-state index contributed by atoms with van der Waals surface area (Å²) in [7, 11) is 1.64. The Morgan fingerprint density at radius 2 is 1.50 bits per heavy atom. The topological polar surface area (TPSA) is 64.4 Å². The molecule has 4 aromatic rings. The summed E-state index contributed by atoms with van der Waals surface area (Å²) >= 11 is 0. The van der Waals surface area contributed by atoms with E-state index in [2.05, 4.69) is 0 Å². The van der Waals surface area contributed by atoms with Crippen molar-refractivity contribution in [1.82, 2.24) is 9.78 Å². The van der Waals surface area contributed by atoms with Gasteiger partial charge in [0.2, 0.25) is 0 Å². The van der Waals surface area contributed by atoms with Crippen LogP contribution in [0.2, 0.25) is 0 Å². The highest BCUT2D eigenvalue weighted by molar-refractivity contribution is 5.82. The predicted molar refractivity (Wildman–Crippen MR) is 117 cm³/mol. The highest BCUT2D eigenvalue weighted by Gasteiger charge is 2.22. The molecule has 0 atom stereocenters. The number of ether oxygens (including phenoxy) is 1. The van der Waals surface area contributed by atoms with E-state index in [1.165, 1.54) is 0 Å². The largest absolute Gasteiger partial charge is 0.497 e. The fraction of sp³-hybridized carbons (Fsp3) is 0.120. The van der Waals surface area contributed by atoms with E-state index in [4.69, 9.17) is 9.84 Å². The summed E-state index contributed by atoms with van der Waals surface area (Å²) < 4.78 is 7.15. The van der Waals surface area contributed by atoms with E-state index in [0.29, 0.717) is 17.8 Å². The predicted octanol–water partition coefficient (Wildman–Crippen LogP) is 4.90. The number of hydrogen-bond acceptors (Lipinski definition) is 3. The SMILES string of the molecule is COc1ccc(Cn2nc(-c3ccccc3)c(CC(=O)O)c2-c2ccccc2)cc1. The molecule has 0 bridgehead atoms. The standard InChI is InChI=1S/C25H22N2O3/c1-30-21-14-12-18(13-15-21)17-27-25(20-10-6-3-7-11-20)22(16-23(28)29)24(26-27)19-8-4-2-5-9-19/h2-15H,16-17H2,1H3,(H,28,29). The third-order valence-corrected chi connectivity index (χ3v) is 4.96. The highest BCUT2D eigenvalue weighted by atomic mass is 16.5. The van der Waals surface area contributed by atoms with Gasteiger partial charge >= 0.3 is 5.97 Å². The van der Waals surface area contributed by atoms with Gasteiger partial charge in [-0.05, 0) is 17.7 Å². The van der Waals surface area contributed by atoms with Crippen LogP contribution in [0.4, 0.5) is 0 Å². The lowest BCUT2D eigenvalue weighted by Gasteiger charge is -2.10. The van der Waals surface area contributed by atoms with Crippen LogP contribution in [-0.4, -0.2) is 28.0 Å². The van der Waals surface area contributed by atoms with Crippen molar-refractivity contribution in [3.8, 4) is 28.3 Å². The molecule has 1 heterocycles. The molecule has 0 fully saturated rings. The molecule has 0 spiro atoms. The van der Waals surface area contributed by atoms with Gasteiger partial charge in [-0.15, -0.1) is 0 Å². The summed E-state index contributed by atoms with van der Waals surface area (Å²) in [5, 5.41) is 14.5. The fourth-order valence-corrected chi connectivity index (χ4v) is 3.58. The highest BCUT2D eigenvalue weighted by Crippen LogP contribution is 2.33. The molecule has 0 aliphatic rings. The molecule has 150 valence electrons. The van der Waals surface area contributed by atoms with E-state index in [-0.39, 0.29) is 6.42 Å². The molecule has 3 aromatic carbocycles. The van der Waals surface area contributed by atoms with Gasteiger partial charge < -0.3 is 9.84 Å². The third-order valence-electron chi connectivity index (χ3n) is 4.96. The zero-order chi connectivity index (χ0) is 20.9. The summed E-state index contributed by atoms with van der Waals surface area (Å²) in [6.07, 6.45) is -0.100. The maximum atomic E-state index is 11.7. The van der Waals surface area contributed by atoms with Crippen LogP contribution in [0.25, 0.3) is 22.5 Å². The van der Waals surface area contributed by atoms with Gasteiger partial charge in [-0.3, -0.25) is 9.48 Å². The van der Waals surface area contributed by atoms with E-state index in [1.807, 2.05) is 89.6 Å². The van der Waals surface area contributed by atoms with Crippen molar-refractivity contribution >= 4 is 5.97 Å². The minimum atomic E-state index is -0.881. The first-order valence-electron chi connectivity index (χ1n) is 9.71. The smallest absolute Gasteiger partial charge is 0.307 e. The van der Waals surface area contributed by atoms with Crippen LogP contribution in [-0.2, 0) is 17.8 Å². The molecule has 5 heteroatoms. The molecule has 0 aliphatic heterocycles. The van der Waals surface area contributed by atoms with Crippen molar-refractivity contribution < 1.29 is 14.6 Å². The van der Waals surface area contributed by atoms with E-state index in [9.17, 15) is 9.90 Å². The van der Waals surface area contributed by atoms with Gasteiger partial charge in [0.05, 0.1) is 31.5 Å². The molecule has 0 amide bonds. The molecule has 30 heavy (non-hydrogen) atoms. The van der Waals surface area contributed by atoms with Crippen molar-refractivity contribution in [2.75, 3.05) is 7.11 Å². The Morgan fingerprint density at radius 1 is 0.900 bits per heavy atom. The molecule has 0 saturated heterocycles. The summed E-state index contributed by atoms with van der Waals surface area (Å²) in [5.74, 6) is -0.0904. The third kappa shape index (κ3) is 4.10. The van der Waals surface area contributed by atoms with Crippen molar-refractivity contribution in [3.05, 3.63) is 96.1 Å². The maximum Gasteiger partial charge on any atom is 0.307 e. The number of carboxylic acids is 1. The van der Waals surface area contributed by atoms with Gasteiger partial charge in [0.25, 0.3) is 0 Å². The van der Waals surface area contributed by atoms with Gasteiger partial charge in [-0.1, -0.05) is 72.8 Å². The van der Waals surface area contributed by atoms with Gasteiger partial charge in [0.15, 0.2) is 0 Å². The van der Waals surface area contributed by atoms with Crippen molar-refractivity contribution in [2.24, 2.45) is 0 Å². The van der Waals surface area contributed by atoms with Crippen LogP contribution in [0.5, 0.6) is 5.75 Å². The molecular weight excluding hydrogens is 376 g/mol. The Morgan fingerprint density at radius 3 is 2.07 bits per heavy atom. The second kappa shape index (κ2) is 8.66. The zero-order valence-corrected chi connectivity index (χ0v) is 16.7. The number of benzene rings is 3. The Labute approximate surface area is 175 Å². The minimum Gasteiger partial charge on any atom is -0.497 e. The Hall–Kier alpha value is -3.86. The van der Waals surface area contributed by atoms with E-state index >= 15 is 0 Å². The summed E-state index contributed by atoms with van der Waals surface area (Å²) in [5.41, 5.74) is 5.14. The number of rotatable bonds is 7. The molecule has 4 rings (SSSR count). The van der Waals surface area contributed by atoms with E-state index < -0.39 is 5.97 Å². The molecule has 0 aliphatic carbocycles. The molecule has 0 unspecified atom stereocenters. The summed E-state index contributed by atoms with van der Waals surface area (Å²) in [6.45, 7) is 0.522. The molecule has 0 saturated carbocycles. The quantitative estimate of drug-likeness (QED) is 0.481. The van der Waals surface area contributed by atoms with Crippen LogP contribution in [0.3, 0.4) is 0 Å². The molecule has 1 N–H and O–H groups in total. The Kier molecular flexibility index (Phi) is 5.61. The lowest BCUT2D eigenvalue weighted by Crippen LogP contribution is -2.06. The van der Waals surface area contributed by atoms with Gasteiger partial charge in [-0.2, -0.15) is 5.10 Å². The van der Waals surface area contributed by atoms with Crippen LogP contribution in [0.15, 0.2) is 84.9 Å². The lowest BCUT2D eigenvalue weighted by molar-refractivity contribution is -0.136. The fourth-order valence-electron chi connectivity index (χ4n) is 3.58. The summed E-state index contributed by atoms with van der Waals surface area (Å²) in [6, 6.07) is 27.4. The first-order valence-corrected chi connectivity index (χ1v) is 9.71. The Balaban J connectivity index is 1.88. The second-order valence-electron chi connectivity index (χ2n) is 6.98. The first kappa shape index (κ1) is 19.5. The van der Waals surface area contributed by atoms with Crippen molar-refractivity contribution in [2.45, 2.75) is 13.0 Å². The van der Waals surface area contributed by atoms with Gasteiger partial charge in [0.1, 0.15) is 5.75 Å². The van der Waals surface area contributed by atoms with E-state index in [0.717, 1.165) is 28.1 Å². The molecule has 1 aromatic heterocycles. The van der Waals surface area contributed by atoms with Gasteiger partial charge in [-0.25, -0.2) is 0 Å². The Bertz CT molecular complexity index is 1130. The molecule has 0 radical (unpaired) electrons. The van der Waals surface area contributed by atoms with Gasteiger partial charge in [0, 0.05) is 16.7 Å². The number of nitrogens with zero attached hydrogens (tertiary/aromatic N) is 2. The van der Waals surface area contributed by atoms with Crippen LogP contribution in [0.1, 0.15) is 11.1 Å². The first-order chi connectivity index (χ1) is 14.7. The molecule has 5 nitrogen and oxygen atoms in total. The van der Waals surface area contributed by atoms with E-state index in [1.54, 1.807) is 7.11 Å². The van der Waals surface area contributed by atoms with Crippen LogP contribution >= 0.6 is 0 Å². The number of carbonyl (C=O) groups is 1. The molecular formula is C25H22N2O3. The number of carboxylic acid groups (broad SMARTS) is 1. The monoisotopic (exact) mass is 398 g/mol. The zero-order valence-electron chi connectivity index (χ0n) is 16.7. The normalized spacial score (nSPS) is 10.7. The summed E-state index contributed by atoms with van der Waals surface area (Å²) in [4.78, 5) is 11.7. The lowest BCUT2D eigenvalue weighted by atomic mass is 9.99.